The first-order chi connectivity index (χ1) is 8.09. The van der Waals surface area contributed by atoms with Gasteiger partial charge in [-0.05, 0) is 31.6 Å². The van der Waals surface area contributed by atoms with Crippen molar-refractivity contribution in [2.75, 3.05) is 20.3 Å². The zero-order chi connectivity index (χ0) is 12.4. The highest BCUT2D eigenvalue weighted by Crippen LogP contribution is 2.30. The molecule has 0 aromatic rings. The number of carbonyl (C=O) groups is 1. The largest absolute Gasteiger partial charge is 0.379 e. The Hall–Kier alpha value is -0.610. The van der Waals surface area contributed by atoms with Crippen LogP contribution in [0.5, 0.6) is 0 Å². The van der Waals surface area contributed by atoms with Crippen LogP contribution in [0.2, 0.25) is 0 Å². The fourth-order valence-corrected chi connectivity index (χ4v) is 2.96. The molecule has 0 radical (unpaired) electrons. The Kier molecular flexibility index (Phi) is 4.05. The van der Waals surface area contributed by atoms with Gasteiger partial charge in [-0.1, -0.05) is 6.92 Å². The number of likely N-dealkylation sites (N-methyl/N-ethyl adjacent to an activating group) is 1. The van der Waals surface area contributed by atoms with Gasteiger partial charge in [0, 0.05) is 19.7 Å². The number of hydrogen-bond acceptors (Lipinski definition) is 3. The van der Waals surface area contributed by atoms with E-state index >= 15 is 0 Å². The number of amides is 1. The topological polar surface area (TPSA) is 55.6 Å². The summed E-state index contributed by atoms with van der Waals surface area (Å²) in [6.45, 7) is 3.67. The molecule has 1 saturated carbocycles. The van der Waals surface area contributed by atoms with Crippen molar-refractivity contribution < 1.29 is 9.53 Å². The molecule has 17 heavy (non-hydrogen) atoms. The molecule has 4 atom stereocenters. The number of hydrogen-bond donors (Lipinski definition) is 1. The van der Waals surface area contributed by atoms with E-state index in [4.69, 9.17) is 10.5 Å². The lowest BCUT2D eigenvalue weighted by Crippen LogP contribution is -2.48. The lowest BCUT2D eigenvalue weighted by molar-refractivity contribution is -0.138. The van der Waals surface area contributed by atoms with E-state index < -0.39 is 0 Å². The maximum absolute atomic E-state index is 12.4. The highest BCUT2D eigenvalue weighted by Gasteiger charge is 2.35. The number of carbonyl (C=O) groups excluding carboxylic acids is 1. The summed E-state index contributed by atoms with van der Waals surface area (Å²) in [6, 6.07) is 0.301. The van der Waals surface area contributed by atoms with Gasteiger partial charge < -0.3 is 15.4 Å². The highest BCUT2D eigenvalue weighted by atomic mass is 16.5. The third-order valence-corrected chi connectivity index (χ3v) is 4.28. The van der Waals surface area contributed by atoms with Gasteiger partial charge in [-0.3, -0.25) is 4.79 Å². The fraction of sp³-hybridized carbons (Fsp3) is 0.923. The summed E-state index contributed by atoms with van der Waals surface area (Å²) in [6.07, 6.45) is 4.03. The fourth-order valence-electron chi connectivity index (χ4n) is 2.96. The van der Waals surface area contributed by atoms with Crippen molar-refractivity contribution in [3.63, 3.8) is 0 Å². The molecule has 1 amide bonds. The van der Waals surface area contributed by atoms with Gasteiger partial charge >= 0.3 is 0 Å². The van der Waals surface area contributed by atoms with Crippen LogP contribution < -0.4 is 5.73 Å². The van der Waals surface area contributed by atoms with E-state index in [2.05, 4.69) is 6.92 Å². The van der Waals surface area contributed by atoms with Gasteiger partial charge in [0.15, 0.2) is 0 Å². The van der Waals surface area contributed by atoms with Gasteiger partial charge in [0.05, 0.1) is 18.6 Å². The molecule has 0 spiro atoms. The smallest absolute Gasteiger partial charge is 0.227 e. The van der Waals surface area contributed by atoms with Gasteiger partial charge in [-0.25, -0.2) is 0 Å². The Labute approximate surface area is 103 Å². The SMILES string of the molecule is CC1CCC(N)C(C(=O)N(C)C2CCOC2)C1. The molecule has 98 valence electrons. The third kappa shape index (κ3) is 2.80. The zero-order valence-electron chi connectivity index (χ0n) is 10.9. The molecule has 1 heterocycles. The van der Waals surface area contributed by atoms with Crippen LogP contribution in [-0.4, -0.2) is 43.2 Å². The van der Waals surface area contributed by atoms with E-state index in [1.54, 1.807) is 0 Å². The van der Waals surface area contributed by atoms with Crippen molar-refractivity contribution >= 4 is 5.91 Å². The number of nitrogens with two attached hydrogens (primary N) is 1. The molecule has 2 rings (SSSR count). The lowest BCUT2D eigenvalue weighted by Gasteiger charge is -2.35. The predicted octanol–water partition coefficient (Wildman–Crippen LogP) is 0.997. The van der Waals surface area contributed by atoms with E-state index in [-0.39, 0.29) is 23.9 Å². The van der Waals surface area contributed by atoms with E-state index in [0.717, 1.165) is 32.3 Å². The molecule has 4 heteroatoms. The molecule has 2 fully saturated rings. The molecule has 0 aromatic heterocycles. The van der Waals surface area contributed by atoms with Gasteiger partial charge in [0.2, 0.25) is 5.91 Å². The summed E-state index contributed by atoms with van der Waals surface area (Å²) >= 11 is 0. The monoisotopic (exact) mass is 240 g/mol. The number of ether oxygens (including phenoxy) is 1. The van der Waals surface area contributed by atoms with Gasteiger partial charge in [0.25, 0.3) is 0 Å². The van der Waals surface area contributed by atoms with Crippen LogP contribution in [0.25, 0.3) is 0 Å². The highest BCUT2D eigenvalue weighted by molar-refractivity contribution is 5.79. The van der Waals surface area contributed by atoms with Crippen LogP contribution in [0, 0.1) is 11.8 Å². The van der Waals surface area contributed by atoms with Crippen molar-refractivity contribution in [1.29, 1.82) is 0 Å². The van der Waals surface area contributed by atoms with Crippen LogP contribution in [0.1, 0.15) is 32.6 Å². The van der Waals surface area contributed by atoms with Crippen molar-refractivity contribution in [1.82, 2.24) is 4.90 Å². The summed E-state index contributed by atoms with van der Waals surface area (Å²) in [4.78, 5) is 14.3. The van der Waals surface area contributed by atoms with Crippen LogP contribution in [-0.2, 0) is 9.53 Å². The standard InChI is InChI=1S/C13H24N2O2/c1-9-3-4-12(14)11(7-9)13(16)15(2)10-5-6-17-8-10/h9-12H,3-8,14H2,1-2H3. The first-order valence-corrected chi connectivity index (χ1v) is 6.69. The Bertz CT molecular complexity index is 277. The minimum absolute atomic E-state index is 0.0179. The summed E-state index contributed by atoms with van der Waals surface area (Å²) in [5.74, 6) is 0.862. The first-order valence-electron chi connectivity index (χ1n) is 6.69. The average Bonchev–Trinajstić information content (AvgIpc) is 2.84. The molecule has 0 aromatic carbocycles. The van der Waals surface area contributed by atoms with Gasteiger partial charge in [-0.15, -0.1) is 0 Å². The normalized spacial score (nSPS) is 38.1. The van der Waals surface area contributed by atoms with Gasteiger partial charge in [0.1, 0.15) is 0 Å². The van der Waals surface area contributed by atoms with Crippen molar-refractivity contribution in [3.05, 3.63) is 0 Å². The number of nitrogens with zero attached hydrogens (tertiary/aromatic N) is 1. The van der Waals surface area contributed by atoms with Crippen molar-refractivity contribution in [2.24, 2.45) is 17.6 Å². The maximum atomic E-state index is 12.4. The van der Waals surface area contributed by atoms with Crippen LogP contribution in [0.4, 0.5) is 0 Å². The molecule has 1 aliphatic carbocycles. The predicted molar refractivity (Wildman–Crippen MR) is 66.5 cm³/mol. The zero-order valence-corrected chi connectivity index (χ0v) is 10.9. The third-order valence-electron chi connectivity index (χ3n) is 4.28. The second-order valence-electron chi connectivity index (χ2n) is 5.66. The summed E-state index contributed by atoms with van der Waals surface area (Å²) < 4.78 is 5.34. The molecule has 1 saturated heterocycles. The van der Waals surface area contributed by atoms with Crippen molar-refractivity contribution in [2.45, 2.75) is 44.7 Å². The summed E-state index contributed by atoms with van der Waals surface area (Å²) in [5, 5.41) is 0. The molecule has 4 nitrogen and oxygen atoms in total. The lowest BCUT2D eigenvalue weighted by atomic mass is 9.78. The average molecular weight is 240 g/mol. The summed E-state index contributed by atoms with van der Waals surface area (Å²) in [5.41, 5.74) is 6.10. The van der Waals surface area contributed by atoms with E-state index in [9.17, 15) is 4.79 Å². The van der Waals surface area contributed by atoms with Crippen LogP contribution in [0.3, 0.4) is 0 Å². The van der Waals surface area contributed by atoms with Crippen molar-refractivity contribution in [3.8, 4) is 0 Å². The van der Waals surface area contributed by atoms with Crippen LogP contribution in [0.15, 0.2) is 0 Å². The Balaban J connectivity index is 1.97. The molecular formula is C13H24N2O2. The molecule has 2 aliphatic rings. The minimum atomic E-state index is 0.0179. The second-order valence-corrected chi connectivity index (χ2v) is 5.66. The maximum Gasteiger partial charge on any atom is 0.227 e. The molecule has 4 unspecified atom stereocenters. The molecule has 1 aliphatic heterocycles. The van der Waals surface area contributed by atoms with Crippen LogP contribution >= 0.6 is 0 Å². The molecule has 0 bridgehead atoms. The number of rotatable bonds is 2. The Morgan fingerprint density at radius 1 is 1.35 bits per heavy atom. The molecular weight excluding hydrogens is 216 g/mol. The molecule has 2 N–H and O–H groups in total. The van der Waals surface area contributed by atoms with E-state index in [1.165, 1.54) is 0 Å². The van der Waals surface area contributed by atoms with E-state index in [0.29, 0.717) is 12.5 Å². The first kappa shape index (κ1) is 12.8. The minimum Gasteiger partial charge on any atom is -0.379 e. The Morgan fingerprint density at radius 2 is 2.12 bits per heavy atom. The quantitative estimate of drug-likeness (QED) is 0.783. The second kappa shape index (κ2) is 5.36. The van der Waals surface area contributed by atoms with E-state index in [1.807, 2.05) is 11.9 Å². The Morgan fingerprint density at radius 3 is 2.76 bits per heavy atom. The summed E-state index contributed by atoms with van der Waals surface area (Å²) in [7, 11) is 1.90. The van der Waals surface area contributed by atoms with Gasteiger partial charge in [-0.2, -0.15) is 0 Å².